The number of nitrogens with one attached hydrogen (secondary N) is 2. The normalized spacial score (nSPS) is 20.0. The van der Waals surface area contributed by atoms with E-state index in [1.807, 2.05) is 37.3 Å². The maximum absolute atomic E-state index is 13.0. The van der Waals surface area contributed by atoms with Gasteiger partial charge < -0.3 is 5.32 Å². The van der Waals surface area contributed by atoms with E-state index >= 15 is 0 Å². The van der Waals surface area contributed by atoms with Crippen molar-refractivity contribution in [3.8, 4) is 0 Å². The van der Waals surface area contributed by atoms with Crippen molar-refractivity contribution in [3.05, 3.63) is 70.3 Å². The first-order valence-corrected chi connectivity index (χ1v) is 12.2. The van der Waals surface area contributed by atoms with E-state index in [0.717, 1.165) is 18.4 Å². The summed E-state index contributed by atoms with van der Waals surface area (Å²) >= 11 is 0. The highest BCUT2D eigenvalue weighted by atomic mass is 16.2. The number of fused-ring (bicyclic) bond motifs is 1. The fourth-order valence-electron chi connectivity index (χ4n) is 4.97. The molecule has 2 N–H and O–H groups in total. The average Bonchev–Trinajstić information content (AvgIpc) is 3.69. The SMILES string of the molecule is CCC1(c2ccc(NC(=O)CCc3nc4ccccc4c(=O)n3C3CC3)cc2)CCC(=O)NC1=O. The van der Waals surface area contributed by atoms with Gasteiger partial charge in [0.1, 0.15) is 5.82 Å². The molecule has 1 atom stereocenters. The van der Waals surface area contributed by atoms with Crippen LogP contribution in [-0.4, -0.2) is 27.3 Å². The summed E-state index contributed by atoms with van der Waals surface area (Å²) in [7, 11) is 0. The Hall–Kier alpha value is -3.81. The lowest BCUT2D eigenvalue weighted by Gasteiger charge is -2.35. The molecule has 1 unspecified atom stereocenters. The molecular formula is C27H28N4O4. The van der Waals surface area contributed by atoms with Crippen molar-refractivity contribution in [2.45, 2.75) is 63.3 Å². The van der Waals surface area contributed by atoms with Gasteiger partial charge >= 0.3 is 0 Å². The third-order valence-electron chi connectivity index (χ3n) is 7.16. The van der Waals surface area contributed by atoms with Gasteiger partial charge in [0.05, 0.1) is 16.3 Å². The quantitative estimate of drug-likeness (QED) is 0.512. The summed E-state index contributed by atoms with van der Waals surface area (Å²) in [5, 5.41) is 5.96. The van der Waals surface area contributed by atoms with Crippen LogP contribution in [0.2, 0.25) is 0 Å². The number of rotatable bonds is 7. The predicted octanol–water partition coefficient (Wildman–Crippen LogP) is 3.39. The van der Waals surface area contributed by atoms with E-state index in [0.29, 0.717) is 48.1 Å². The minimum Gasteiger partial charge on any atom is -0.326 e. The highest BCUT2D eigenvalue weighted by Gasteiger charge is 2.42. The molecular weight excluding hydrogens is 444 g/mol. The molecule has 0 bridgehead atoms. The number of anilines is 1. The molecule has 2 heterocycles. The van der Waals surface area contributed by atoms with Gasteiger partial charge in [0, 0.05) is 31.0 Å². The molecule has 8 heteroatoms. The third-order valence-corrected chi connectivity index (χ3v) is 7.16. The Morgan fingerprint density at radius 1 is 1.11 bits per heavy atom. The van der Waals surface area contributed by atoms with Gasteiger partial charge in [0.2, 0.25) is 17.7 Å². The summed E-state index contributed by atoms with van der Waals surface area (Å²) in [6, 6.07) is 14.7. The van der Waals surface area contributed by atoms with Gasteiger partial charge in [0.25, 0.3) is 5.56 Å². The first-order chi connectivity index (χ1) is 16.9. The Balaban J connectivity index is 1.28. The topological polar surface area (TPSA) is 110 Å². The molecule has 2 aromatic carbocycles. The number of aromatic nitrogens is 2. The lowest BCUT2D eigenvalue weighted by Crippen LogP contribution is -2.51. The zero-order valence-corrected chi connectivity index (χ0v) is 19.7. The van der Waals surface area contributed by atoms with E-state index in [4.69, 9.17) is 4.98 Å². The number of benzene rings is 2. The highest BCUT2D eigenvalue weighted by molar-refractivity contribution is 6.03. The molecule has 1 aliphatic heterocycles. The summed E-state index contributed by atoms with van der Waals surface area (Å²) in [6.07, 6.45) is 3.84. The monoisotopic (exact) mass is 472 g/mol. The number of amides is 3. The maximum atomic E-state index is 13.0. The molecule has 35 heavy (non-hydrogen) atoms. The van der Waals surface area contributed by atoms with Crippen LogP contribution in [0.5, 0.6) is 0 Å². The van der Waals surface area contributed by atoms with Gasteiger partial charge in [-0.15, -0.1) is 0 Å². The number of nitrogens with zero attached hydrogens (tertiary/aromatic N) is 2. The van der Waals surface area contributed by atoms with Crippen LogP contribution in [0.1, 0.15) is 62.9 Å². The van der Waals surface area contributed by atoms with E-state index in [2.05, 4.69) is 10.6 Å². The first-order valence-electron chi connectivity index (χ1n) is 12.2. The van der Waals surface area contributed by atoms with E-state index in [-0.39, 0.29) is 35.7 Å². The summed E-state index contributed by atoms with van der Waals surface area (Å²) < 4.78 is 1.76. The number of hydrogen-bond donors (Lipinski definition) is 2. The van der Waals surface area contributed by atoms with Crippen LogP contribution in [-0.2, 0) is 26.2 Å². The molecule has 1 saturated heterocycles. The maximum Gasteiger partial charge on any atom is 0.261 e. The summed E-state index contributed by atoms with van der Waals surface area (Å²) in [6.45, 7) is 1.94. The highest BCUT2D eigenvalue weighted by Crippen LogP contribution is 2.36. The van der Waals surface area contributed by atoms with Crippen molar-refractivity contribution in [2.75, 3.05) is 5.32 Å². The van der Waals surface area contributed by atoms with E-state index < -0.39 is 5.41 Å². The fourth-order valence-corrected chi connectivity index (χ4v) is 4.97. The smallest absolute Gasteiger partial charge is 0.261 e. The van der Waals surface area contributed by atoms with E-state index in [1.54, 1.807) is 22.8 Å². The van der Waals surface area contributed by atoms with Gasteiger partial charge in [-0.2, -0.15) is 0 Å². The Kier molecular flexibility index (Phi) is 5.96. The molecule has 0 radical (unpaired) electrons. The van der Waals surface area contributed by atoms with Crippen LogP contribution in [0.25, 0.3) is 10.9 Å². The van der Waals surface area contributed by atoms with Crippen molar-refractivity contribution in [1.82, 2.24) is 14.9 Å². The molecule has 3 amide bonds. The third kappa shape index (κ3) is 4.36. The number of imide groups is 1. The first kappa shape index (κ1) is 23.0. The second-order valence-electron chi connectivity index (χ2n) is 9.39. The van der Waals surface area contributed by atoms with Crippen molar-refractivity contribution in [2.24, 2.45) is 0 Å². The molecule has 2 fully saturated rings. The lowest BCUT2D eigenvalue weighted by atomic mass is 9.72. The zero-order valence-electron chi connectivity index (χ0n) is 19.7. The number of aryl methyl sites for hydroxylation is 1. The van der Waals surface area contributed by atoms with Crippen molar-refractivity contribution < 1.29 is 14.4 Å². The Morgan fingerprint density at radius 2 is 1.86 bits per heavy atom. The zero-order chi connectivity index (χ0) is 24.6. The minimum absolute atomic E-state index is 0.0394. The van der Waals surface area contributed by atoms with Gasteiger partial charge in [-0.05, 0) is 55.5 Å². The molecule has 3 aromatic rings. The van der Waals surface area contributed by atoms with Crippen molar-refractivity contribution >= 4 is 34.3 Å². The van der Waals surface area contributed by atoms with Crippen LogP contribution in [0.15, 0.2) is 53.3 Å². The Bertz CT molecular complexity index is 1370. The van der Waals surface area contributed by atoms with Crippen LogP contribution >= 0.6 is 0 Å². The second kappa shape index (κ2) is 9.09. The largest absolute Gasteiger partial charge is 0.326 e. The molecule has 2 aliphatic rings. The number of carbonyl (C=O) groups is 3. The Morgan fingerprint density at radius 3 is 2.54 bits per heavy atom. The summed E-state index contributed by atoms with van der Waals surface area (Å²) in [4.78, 5) is 54.6. The minimum atomic E-state index is -0.731. The van der Waals surface area contributed by atoms with Crippen LogP contribution in [0.3, 0.4) is 0 Å². The molecule has 8 nitrogen and oxygen atoms in total. The van der Waals surface area contributed by atoms with Crippen molar-refractivity contribution in [3.63, 3.8) is 0 Å². The van der Waals surface area contributed by atoms with Gasteiger partial charge in [0.15, 0.2) is 0 Å². The van der Waals surface area contributed by atoms with Gasteiger partial charge in [-0.3, -0.25) is 29.1 Å². The Labute approximate surface area is 202 Å². The molecule has 1 saturated carbocycles. The lowest BCUT2D eigenvalue weighted by molar-refractivity contribution is -0.138. The average molecular weight is 473 g/mol. The number of piperidine rings is 1. The predicted molar refractivity (Wildman–Crippen MR) is 132 cm³/mol. The fraction of sp³-hybridized carbons (Fsp3) is 0.370. The van der Waals surface area contributed by atoms with E-state index in [1.165, 1.54) is 0 Å². The molecule has 1 aliphatic carbocycles. The summed E-state index contributed by atoms with van der Waals surface area (Å²) in [5.74, 6) is -0.0354. The standard InChI is InChI=1S/C27H28N4O4/c1-2-27(16-15-24(33)30-26(27)35)17-7-9-18(10-8-17)28-23(32)14-13-22-29-21-6-4-3-5-20(21)25(34)31(22)19-11-12-19/h3-10,19H,2,11-16H2,1H3,(H,28,32)(H,30,33,35). The number of para-hydroxylation sites is 1. The van der Waals surface area contributed by atoms with Gasteiger partial charge in [-0.1, -0.05) is 31.2 Å². The molecule has 0 spiro atoms. The molecule has 5 rings (SSSR count). The van der Waals surface area contributed by atoms with Crippen LogP contribution < -0.4 is 16.2 Å². The van der Waals surface area contributed by atoms with Gasteiger partial charge in [-0.25, -0.2) is 4.98 Å². The number of hydrogen-bond acceptors (Lipinski definition) is 5. The number of carbonyl (C=O) groups excluding carboxylic acids is 3. The second-order valence-corrected chi connectivity index (χ2v) is 9.39. The van der Waals surface area contributed by atoms with Crippen LogP contribution in [0, 0.1) is 0 Å². The summed E-state index contributed by atoms with van der Waals surface area (Å²) in [5.41, 5.74) is 1.34. The van der Waals surface area contributed by atoms with Crippen molar-refractivity contribution in [1.29, 1.82) is 0 Å². The van der Waals surface area contributed by atoms with E-state index in [9.17, 15) is 19.2 Å². The molecule has 180 valence electrons. The molecule has 1 aromatic heterocycles. The van der Waals surface area contributed by atoms with Crippen LogP contribution in [0.4, 0.5) is 5.69 Å².